The minimum Gasteiger partial charge on any atom is -0.504 e. The molecule has 2 atom stereocenters. The Morgan fingerprint density at radius 1 is 1.19 bits per heavy atom. The fourth-order valence-electron chi connectivity index (χ4n) is 2.99. The zero-order valence-corrected chi connectivity index (χ0v) is 10.7. The van der Waals surface area contributed by atoms with Gasteiger partial charge >= 0.3 is 0 Å². The number of phenolic OH excluding ortho intramolecular Hbond substituents is 2. The van der Waals surface area contributed by atoms with Gasteiger partial charge in [0.15, 0.2) is 11.5 Å². The minimum absolute atomic E-state index is 0. The lowest BCUT2D eigenvalue weighted by Crippen LogP contribution is -2.30. The largest absolute Gasteiger partial charge is 0.504 e. The summed E-state index contributed by atoms with van der Waals surface area (Å²) in [7, 11) is 0. The Kier molecular flexibility index (Phi) is 3.13. The number of halogens is 1. The van der Waals surface area contributed by atoms with Gasteiger partial charge < -0.3 is 15.5 Å². The average Bonchev–Trinajstić information content (AvgIpc) is 2.71. The molecule has 0 radical (unpaired) electrons. The number of hydrogen-bond donors (Lipinski definition) is 3. The normalized spacial score (nSPS) is 26.8. The van der Waals surface area contributed by atoms with E-state index in [-0.39, 0.29) is 28.5 Å². The predicted octanol–water partition coefficient (Wildman–Crippen LogP) is 2.07. The summed E-state index contributed by atoms with van der Waals surface area (Å²) in [4.78, 5) is 0. The molecule has 1 fully saturated rings. The second-order valence-corrected chi connectivity index (χ2v) is 4.50. The molecular weight excluding hydrogens is 270 g/mol. The van der Waals surface area contributed by atoms with Crippen LogP contribution in [-0.2, 0) is 6.42 Å². The van der Waals surface area contributed by atoms with Crippen LogP contribution in [0.15, 0.2) is 12.1 Å². The number of hydrogen-bond acceptors (Lipinski definition) is 3. The first-order valence-electron chi connectivity index (χ1n) is 5.54. The Labute approximate surface area is 105 Å². The number of rotatable bonds is 0. The molecule has 3 nitrogen and oxygen atoms in total. The summed E-state index contributed by atoms with van der Waals surface area (Å²) in [5, 5.41) is 22.7. The van der Waals surface area contributed by atoms with E-state index in [2.05, 4.69) is 5.32 Å². The van der Waals surface area contributed by atoms with Crippen LogP contribution < -0.4 is 5.32 Å². The Hall–Kier alpha value is -0.740. The van der Waals surface area contributed by atoms with Crippen molar-refractivity contribution in [1.82, 2.24) is 5.32 Å². The lowest BCUT2D eigenvalue weighted by molar-refractivity contribution is 0.388. The first kappa shape index (κ1) is 11.7. The summed E-state index contributed by atoms with van der Waals surface area (Å²) in [6, 6.07) is 4.14. The van der Waals surface area contributed by atoms with Gasteiger partial charge in [-0.2, -0.15) is 0 Å². The highest BCUT2D eigenvalue weighted by Gasteiger charge is 2.34. The van der Waals surface area contributed by atoms with Crippen LogP contribution in [0.3, 0.4) is 0 Å². The molecule has 0 unspecified atom stereocenters. The van der Waals surface area contributed by atoms with E-state index in [9.17, 15) is 10.2 Å². The van der Waals surface area contributed by atoms with Crippen molar-refractivity contribution in [3.8, 4) is 11.5 Å². The molecule has 3 rings (SSSR count). The number of phenols is 2. The third-order valence-electron chi connectivity index (χ3n) is 3.75. The quantitative estimate of drug-likeness (QED) is 0.640. The van der Waals surface area contributed by atoms with Gasteiger partial charge in [0.2, 0.25) is 0 Å². The van der Waals surface area contributed by atoms with E-state index in [1.807, 2.05) is 6.07 Å². The zero-order valence-electron chi connectivity index (χ0n) is 8.94. The topological polar surface area (TPSA) is 52.5 Å². The summed E-state index contributed by atoms with van der Waals surface area (Å²) < 4.78 is 0. The van der Waals surface area contributed by atoms with Crippen molar-refractivity contribution in [3.05, 3.63) is 23.3 Å². The molecule has 0 saturated carbocycles. The van der Waals surface area contributed by atoms with Crippen LogP contribution in [0, 0.1) is 0 Å². The number of fused-ring (bicyclic) bond motifs is 3. The molecule has 0 amide bonds. The SMILES string of the molecule is Br.Oc1ccc2c(c1O)CC[C@H]1NCC[C@@H]21. The van der Waals surface area contributed by atoms with Gasteiger partial charge in [0, 0.05) is 17.5 Å². The second kappa shape index (κ2) is 4.26. The van der Waals surface area contributed by atoms with Crippen LogP contribution in [0.5, 0.6) is 11.5 Å². The van der Waals surface area contributed by atoms with E-state index in [1.165, 1.54) is 5.56 Å². The highest BCUT2D eigenvalue weighted by atomic mass is 79.9. The van der Waals surface area contributed by atoms with Gasteiger partial charge in [-0.15, -0.1) is 17.0 Å². The van der Waals surface area contributed by atoms with Crippen LogP contribution >= 0.6 is 17.0 Å². The van der Waals surface area contributed by atoms with Gasteiger partial charge in [-0.25, -0.2) is 0 Å². The van der Waals surface area contributed by atoms with E-state index < -0.39 is 0 Å². The highest BCUT2D eigenvalue weighted by molar-refractivity contribution is 8.93. The lowest BCUT2D eigenvalue weighted by atomic mass is 9.79. The van der Waals surface area contributed by atoms with Gasteiger partial charge in [0.25, 0.3) is 0 Å². The van der Waals surface area contributed by atoms with E-state index in [0.29, 0.717) is 12.0 Å². The van der Waals surface area contributed by atoms with E-state index in [4.69, 9.17) is 0 Å². The molecule has 1 aliphatic heterocycles. The fraction of sp³-hybridized carbons (Fsp3) is 0.500. The molecule has 16 heavy (non-hydrogen) atoms. The molecule has 88 valence electrons. The van der Waals surface area contributed by atoms with Crippen LogP contribution in [-0.4, -0.2) is 22.8 Å². The third kappa shape index (κ3) is 1.60. The minimum atomic E-state index is 0. The van der Waals surface area contributed by atoms with E-state index >= 15 is 0 Å². The van der Waals surface area contributed by atoms with Crippen LogP contribution in [0.1, 0.15) is 29.9 Å². The summed E-state index contributed by atoms with van der Waals surface area (Å²) in [6.45, 7) is 1.07. The summed E-state index contributed by atoms with van der Waals surface area (Å²) >= 11 is 0. The van der Waals surface area contributed by atoms with Crippen LogP contribution in [0.4, 0.5) is 0 Å². The zero-order chi connectivity index (χ0) is 10.4. The van der Waals surface area contributed by atoms with E-state index in [1.54, 1.807) is 6.07 Å². The highest BCUT2D eigenvalue weighted by Crippen LogP contribution is 2.43. The Morgan fingerprint density at radius 3 is 2.81 bits per heavy atom. The van der Waals surface area contributed by atoms with Gasteiger partial charge in [-0.3, -0.25) is 0 Å². The molecule has 1 saturated heterocycles. The summed E-state index contributed by atoms with van der Waals surface area (Å²) in [6.07, 6.45) is 3.07. The van der Waals surface area contributed by atoms with Crippen LogP contribution in [0.2, 0.25) is 0 Å². The molecule has 3 N–H and O–H groups in total. The van der Waals surface area contributed by atoms with Gasteiger partial charge in [-0.1, -0.05) is 6.07 Å². The van der Waals surface area contributed by atoms with Crippen molar-refractivity contribution in [2.24, 2.45) is 0 Å². The van der Waals surface area contributed by atoms with Crippen molar-refractivity contribution in [3.63, 3.8) is 0 Å². The molecule has 1 aromatic carbocycles. The summed E-state index contributed by atoms with van der Waals surface area (Å²) in [5.74, 6) is 0.635. The molecule has 1 heterocycles. The standard InChI is InChI=1S/C12H15NO2.BrH/c14-11-4-2-7-8-5-6-13-10(8)3-1-9(7)12(11)15;/h2,4,8,10,13-15H,1,3,5-6H2;1H/t8-,10+;/m0./s1. The van der Waals surface area contributed by atoms with Crippen LogP contribution in [0.25, 0.3) is 0 Å². The summed E-state index contributed by atoms with van der Waals surface area (Å²) in [5.41, 5.74) is 2.19. The van der Waals surface area contributed by atoms with Gasteiger partial charge in [-0.05, 0) is 37.4 Å². The third-order valence-corrected chi connectivity index (χ3v) is 3.75. The van der Waals surface area contributed by atoms with Crippen molar-refractivity contribution in [2.45, 2.75) is 31.2 Å². The molecule has 2 aliphatic rings. The first-order valence-corrected chi connectivity index (χ1v) is 5.54. The van der Waals surface area contributed by atoms with Crippen molar-refractivity contribution < 1.29 is 10.2 Å². The van der Waals surface area contributed by atoms with Crippen molar-refractivity contribution in [2.75, 3.05) is 6.54 Å². The molecular formula is C12H16BrNO2. The van der Waals surface area contributed by atoms with Gasteiger partial charge in [0.1, 0.15) is 0 Å². The first-order chi connectivity index (χ1) is 7.27. The maximum atomic E-state index is 9.79. The molecule has 0 aromatic heterocycles. The molecule has 1 aliphatic carbocycles. The smallest absolute Gasteiger partial charge is 0.160 e. The van der Waals surface area contributed by atoms with Crippen molar-refractivity contribution >= 4 is 17.0 Å². The fourth-order valence-corrected chi connectivity index (χ4v) is 2.99. The maximum absolute atomic E-state index is 9.79. The average molecular weight is 286 g/mol. The van der Waals surface area contributed by atoms with Crippen molar-refractivity contribution in [1.29, 1.82) is 0 Å². The number of nitrogens with one attached hydrogen (secondary N) is 1. The molecule has 0 spiro atoms. The molecule has 4 heteroatoms. The molecule has 0 bridgehead atoms. The number of aromatic hydroxyl groups is 2. The maximum Gasteiger partial charge on any atom is 0.160 e. The predicted molar refractivity (Wildman–Crippen MR) is 67.6 cm³/mol. The monoisotopic (exact) mass is 285 g/mol. The Morgan fingerprint density at radius 2 is 2.00 bits per heavy atom. The number of benzene rings is 1. The molecule has 1 aromatic rings. The van der Waals surface area contributed by atoms with E-state index in [0.717, 1.165) is 31.4 Å². The Bertz CT molecular complexity index is 408. The lowest BCUT2D eigenvalue weighted by Gasteiger charge is -2.28. The Balaban J connectivity index is 0.000000963. The van der Waals surface area contributed by atoms with Gasteiger partial charge in [0.05, 0.1) is 0 Å². The second-order valence-electron chi connectivity index (χ2n) is 4.50.